The zero-order valence-corrected chi connectivity index (χ0v) is 12.0. The van der Waals surface area contributed by atoms with E-state index in [1.165, 1.54) is 11.3 Å². The number of aromatic nitrogens is 2. The molecule has 3 aromatic rings. The fourth-order valence-electron chi connectivity index (χ4n) is 2.11. The first kappa shape index (κ1) is 13.5. The molecule has 0 fully saturated rings. The van der Waals surface area contributed by atoms with Crippen LogP contribution in [0, 0.1) is 0 Å². The van der Waals surface area contributed by atoms with Crippen molar-refractivity contribution in [2.75, 3.05) is 5.32 Å². The van der Waals surface area contributed by atoms with Gasteiger partial charge in [0.15, 0.2) is 5.13 Å². The van der Waals surface area contributed by atoms with Gasteiger partial charge in [-0.1, -0.05) is 18.2 Å². The highest BCUT2D eigenvalue weighted by atomic mass is 32.1. The average molecular weight is 299 g/mol. The number of anilines is 1. The predicted octanol–water partition coefficient (Wildman–Crippen LogP) is 3.16. The second-order valence-corrected chi connectivity index (χ2v) is 5.42. The lowest BCUT2D eigenvalue weighted by Gasteiger charge is -2.04. The van der Waals surface area contributed by atoms with Crippen molar-refractivity contribution in [3.63, 3.8) is 0 Å². The number of hydrogen-bond acceptors (Lipinski definition) is 4. The minimum Gasteiger partial charge on any atom is -0.302 e. The SMILES string of the molecule is O=C(CCC(=O)n1ccc2ccccc21)Nc1nccs1. The minimum atomic E-state index is -0.199. The van der Waals surface area contributed by atoms with Crippen LogP contribution in [0.25, 0.3) is 10.9 Å². The molecule has 2 aromatic heterocycles. The molecule has 3 rings (SSSR count). The number of amides is 1. The van der Waals surface area contributed by atoms with Gasteiger partial charge in [-0.05, 0) is 12.1 Å². The zero-order chi connectivity index (χ0) is 14.7. The van der Waals surface area contributed by atoms with Crippen LogP contribution in [0.2, 0.25) is 0 Å². The van der Waals surface area contributed by atoms with Gasteiger partial charge in [0, 0.05) is 36.0 Å². The van der Waals surface area contributed by atoms with Crippen molar-refractivity contribution in [3.8, 4) is 0 Å². The summed E-state index contributed by atoms with van der Waals surface area (Å²) >= 11 is 1.35. The lowest BCUT2D eigenvalue weighted by molar-refractivity contribution is -0.116. The van der Waals surface area contributed by atoms with Crippen LogP contribution in [0.1, 0.15) is 17.6 Å². The number of fused-ring (bicyclic) bond motifs is 1. The normalized spacial score (nSPS) is 10.7. The number of nitrogens with zero attached hydrogens (tertiary/aromatic N) is 2. The molecule has 0 unspecified atom stereocenters. The molecule has 21 heavy (non-hydrogen) atoms. The van der Waals surface area contributed by atoms with Gasteiger partial charge in [0.25, 0.3) is 0 Å². The van der Waals surface area contributed by atoms with Gasteiger partial charge in [-0.15, -0.1) is 11.3 Å². The van der Waals surface area contributed by atoms with Crippen molar-refractivity contribution in [1.29, 1.82) is 0 Å². The molecule has 1 amide bonds. The third-order valence-corrected chi connectivity index (χ3v) is 3.80. The van der Waals surface area contributed by atoms with Crippen LogP contribution >= 0.6 is 11.3 Å². The molecule has 0 atom stereocenters. The maximum atomic E-state index is 12.2. The molecule has 1 N–H and O–H groups in total. The first-order chi connectivity index (χ1) is 10.2. The lowest BCUT2D eigenvalue weighted by Crippen LogP contribution is -2.16. The highest BCUT2D eigenvalue weighted by molar-refractivity contribution is 7.13. The molecule has 2 heterocycles. The number of carbonyl (C=O) groups is 2. The number of rotatable bonds is 4. The van der Waals surface area contributed by atoms with E-state index in [0.29, 0.717) is 5.13 Å². The van der Waals surface area contributed by atoms with Crippen molar-refractivity contribution in [2.45, 2.75) is 12.8 Å². The van der Waals surface area contributed by atoms with Crippen LogP contribution in [0.15, 0.2) is 48.1 Å². The molecule has 6 heteroatoms. The van der Waals surface area contributed by atoms with E-state index in [0.717, 1.165) is 10.9 Å². The second kappa shape index (κ2) is 5.88. The number of nitrogens with one attached hydrogen (secondary N) is 1. The van der Waals surface area contributed by atoms with Gasteiger partial charge in [0.1, 0.15) is 0 Å². The van der Waals surface area contributed by atoms with Crippen LogP contribution < -0.4 is 5.32 Å². The lowest BCUT2D eigenvalue weighted by atomic mass is 10.2. The van der Waals surface area contributed by atoms with Gasteiger partial charge in [0.2, 0.25) is 11.8 Å². The van der Waals surface area contributed by atoms with Crippen molar-refractivity contribution in [2.24, 2.45) is 0 Å². The molecular weight excluding hydrogens is 286 g/mol. The number of hydrogen-bond donors (Lipinski definition) is 1. The highest BCUT2D eigenvalue weighted by Crippen LogP contribution is 2.16. The van der Waals surface area contributed by atoms with E-state index in [4.69, 9.17) is 0 Å². The Morgan fingerprint density at radius 2 is 2.05 bits per heavy atom. The minimum absolute atomic E-state index is 0.0921. The number of thiazole rings is 1. The Morgan fingerprint density at radius 3 is 2.86 bits per heavy atom. The molecule has 0 saturated heterocycles. The summed E-state index contributed by atoms with van der Waals surface area (Å²) in [5, 5.41) is 6.02. The topological polar surface area (TPSA) is 64.0 Å². The number of carbonyl (C=O) groups excluding carboxylic acids is 2. The Kier molecular flexibility index (Phi) is 3.79. The molecule has 0 radical (unpaired) electrons. The summed E-state index contributed by atoms with van der Waals surface area (Å²) in [6, 6.07) is 9.56. The molecule has 1 aromatic carbocycles. The maximum Gasteiger partial charge on any atom is 0.231 e. The second-order valence-electron chi connectivity index (χ2n) is 4.52. The van der Waals surface area contributed by atoms with Crippen molar-refractivity contribution < 1.29 is 9.59 Å². The van der Waals surface area contributed by atoms with E-state index in [1.54, 1.807) is 22.3 Å². The summed E-state index contributed by atoms with van der Waals surface area (Å²) in [5.41, 5.74) is 0.864. The number of para-hydroxylation sites is 1. The molecule has 0 spiro atoms. The summed E-state index contributed by atoms with van der Waals surface area (Å²) in [5.74, 6) is -0.291. The predicted molar refractivity (Wildman–Crippen MR) is 82.5 cm³/mol. The van der Waals surface area contributed by atoms with Gasteiger partial charge in [-0.25, -0.2) is 4.98 Å². The summed E-state index contributed by atoms with van der Waals surface area (Å²) in [6.45, 7) is 0. The fourth-order valence-corrected chi connectivity index (χ4v) is 2.65. The molecule has 0 bridgehead atoms. The summed E-state index contributed by atoms with van der Waals surface area (Å²) in [7, 11) is 0. The first-order valence-corrected chi connectivity index (χ1v) is 7.40. The zero-order valence-electron chi connectivity index (χ0n) is 11.2. The summed E-state index contributed by atoms with van der Waals surface area (Å²) < 4.78 is 1.59. The van der Waals surface area contributed by atoms with Crippen LogP contribution in [-0.4, -0.2) is 21.4 Å². The summed E-state index contributed by atoms with van der Waals surface area (Å²) in [4.78, 5) is 27.9. The fraction of sp³-hybridized carbons (Fsp3) is 0.133. The van der Waals surface area contributed by atoms with Crippen LogP contribution in [0.3, 0.4) is 0 Å². The van der Waals surface area contributed by atoms with Crippen molar-refractivity contribution in [3.05, 3.63) is 48.1 Å². The standard InChI is InChI=1S/C15H13N3O2S/c19-13(17-15-16-8-10-21-15)5-6-14(20)18-9-7-11-3-1-2-4-12(11)18/h1-4,7-10H,5-6H2,(H,16,17,19). The Labute approximate surface area is 125 Å². The van der Waals surface area contributed by atoms with Crippen molar-refractivity contribution >= 4 is 39.2 Å². The van der Waals surface area contributed by atoms with Gasteiger partial charge in [-0.3, -0.25) is 14.2 Å². The molecule has 0 aliphatic heterocycles. The maximum absolute atomic E-state index is 12.2. The molecule has 0 aliphatic carbocycles. The quantitative estimate of drug-likeness (QED) is 0.805. The Balaban J connectivity index is 1.63. The highest BCUT2D eigenvalue weighted by Gasteiger charge is 2.11. The van der Waals surface area contributed by atoms with Crippen LogP contribution in [0.4, 0.5) is 5.13 Å². The van der Waals surface area contributed by atoms with E-state index in [-0.39, 0.29) is 24.7 Å². The molecule has 106 valence electrons. The van der Waals surface area contributed by atoms with Gasteiger partial charge in [0.05, 0.1) is 5.52 Å². The van der Waals surface area contributed by atoms with Crippen LogP contribution in [-0.2, 0) is 4.79 Å². The third kappa shape index (κ3) is 3.00. The van der Waals surface area contributed by atoms with E-state index < -0.39 is 0 Å². The Morgan fingerprint density at radius 1 is 1.19 bits per heavy atom. The largest absolute Gasteiger partial charge is 0.302 e. The monoisotopic (exact) mass is 299 g/mol. The molecule has 0 saturated carbocycles. The van der Waals surface area contributed by atoms with E-state index >= 15 is 0 Å². The van der Waals surface area contributed by atoms with E-state index in [1.807, 2.05) is 30.3 Å². The average Bonchev–Trinajstić information content (AvgIpc) is 3.13. The van der Waals surface area contributed by atoms with Gasteiger partial charge >= 0.3 is 0 Å². The van der Waals surface area contributed by atoms with Crippen molar-refractivity contribution in [1.82, 2.24) is 9.55 Å². The summed E-state index contributed by atoms with van der Waals surface area (Å²) in [6.07, 6.45) is 3.67. The Hall–Kier alpha value is -2.47. The van der Waals surface area contributed by atoms with Gasteiger partial charge < -0.3 is 5.32 Å². The third-order valence-electron chi connectivity index (χ3n) is 3.11. The van der Waals surface area contributed by atoms with Crippen LogP contribution in [0.5, 0.6) is 0 Å². The van der Waals surface area contributed by atoms with E-state index in [2.05, 4.69) is 10.3 Å². The number of benzene rings is 1. The van der Waals surface area contributed by atoms with E-state index in [9.17, 15) is 9.59 Å². The molecule has 5 nitrogen and oxygen atoms in total. The smallest absolute Gasteiger partial charge is 0.231 e. The Bertz CT molecular complexity index is 777. The first-order valence-electron chi connectivity index (χ1n) is 6.53. The molecular formula is C15H13N3O2S. The van der Waals surface area contributed by atoms with Gasteiger partial charge in [-0.2, -0.15) is 0 Å². The molecule has 0 aliphatic rings.